The zero-order valence-corrected chi connectivity index (χ0v) is 13.2. The number of aromatic hydroxyl groups is 1. The van der Waals surface area contributed by atoms with Crippen LogP contribution in [0.15, 0.2) is 25.7 Å². The molecule has 0 aliphatic rings. The van der Waals surface area contributed by atoms with Crippen molar-refractivity contribution in [2.24, 2.45) is 0 Å². The summed E-state index contributed by atoms with van der Waals surface area (Å²) in [5.41, 5.74) is -0.480. The third-order valence-corrected chi connectivity index (χ3v) is 3.40. The Morgan fingerprint density at radius 3 is 2.91 bits per heavy atom. The summed E-state index contributed by atoms with van der Waals surface area (Å²) in [5.74, 6) is -1.08. The molecule has 3 heterocycles. The molecule has 0 atom stereocenters. The first-order valence-corrected chi connectivity index (χ1v) is 7.21. The number of hydrogen-bond donors (Lipinski definition) is 1. The normalized spacial score (nSPS) is 10.7. The minimum Gasteiger partial charge on any atom is -0.502 e. The Morgan fingerprint density at radius 1 is 1.52 bits per heavy atom. The Hall–Kier alpha value is -2.86. The predicted octanol–water partition coefficient (Wildman–Crippen LogP) is 3.00. The Morgan fingerprint density at radius 2 is 2.30 bits per heavy atom. The van der Waals surface area contributed by atoms with Gasteiger partial charge in [-0.15, -0.1) is 0 Å². The third-order valence-electron chi connectivity index (χ3n) is 2.97. The van der Waals surface area contributed by atoms with E-state index >= 15 is 0 Å². The first-order chi connectivity index (χ1) is 11.1. The molecule has 0 radical (unpaired) electrons. The number of nitriles is 1. The number of esters is 1. The van der Waals surface area contributed by atoms with Gasteiger partial charge in [-0.2, -0.15) is 5.26 Å². The molecule has 0 unspecified atom stereocenters. The number of pyridine rings is 1. The zero-order chi connectivity index (χ0) is 16.6. The molecular formula is C14H8BrN3O5. The molecule has 23 heavy (non-hydrogen) atoms. The topological polar surface area (TPSA) is 122 Å². The second kappa shape index (κ2) is 5.73. The van der Waals surface area contributed by atoms with Gasteiger partial charge in [0, 0.05) is 0 Å². The minimum atomic E-state index is -0.859. The van der Waals surface area contributed by atoms with Crippen LogP contribution < -0.4 is 0 Å². The summed E-state index contributed by atoms with van der Waals surface area (Å²) < 4.78 is 15.7. The van der Waals surface area contributed by atoms with Crippen LogP contribution in [0, 0.1) is 11.3 Å². The standard InChI is InChI=1S/C14H8BrN3O5/c1-2-21-14(20)11-12(19)13-9(6(5-16)17-11)10(18-23-13)7-3-4-8(15)22-7/h3-4,19H,2H2,1H3. The molecule has 0 aliphatic heterocycles. The lowest BCUT2D eigenvalue weighted by molar-refractivity contribution is 0.0516. The molecule has 0 amide bonds. The van der Waals surface area contributed by atoms with Crippen LogP contribution in [0.25, 0.3) is 22.4 Å². The smallest absolute Gasteiger partial charge is 0.361 e. The van der Waals surface area contributed by atoms with Gasteiger partial charge in [-0.05, 0) is 35.0 Å². The quantitative estimate of drug-likeness (QED) is 0.690. The van der Waals surface area contributed by atoms with Crippen molar-refractivity contribution in [1.82, 2.24) is 10.1 Å². The molecule has 0 saturated carbocycles. The average Bonchev–Trinajstić information content (AvgIpc) is 3.14. The van der Waals surface area contributed by atoms with E-state index in [0.29, 0.717) is 10.4 Å². The predicted molar refractivity (Wildman–Crippen MR) is 79.5 cm³/mol. The minimum absolute atomic E-state index is 0.0992. The number of rotatable bonds is 3. The van der Waals surface area contributed by atoms with Crippen LogP contribution in [-0.2, 0) is 4.74 Å². The van der Waals surface area contributed by atoms with Crippen LogP contribution >= 0.6 is 15.9 Å². The van der Waals surface area contributed by atoms with Gasteiger partial charge in [0.2, 0.25) is 5.58 Å². The zero-order valence-electron chi connectivity index (χ0n) is 11.7. The lowest BCUT2D eigenvalue weighted by Gasteiger charge is -2.04. The van der Waals surface area contributed by atoms with Crippen LogP contribution in [0.1, 0.15) is 23.1 Å². The van der Waals surface area contributed by atoms with Crippen molar-refractivity contribution in [2.45, 2.75) is 6.92 Å². The molecular weight excluding hydrogens is 370 g/mol. The van der Waals surface area contributed by atoms with Crippen LogP contribution in [0.2, 0.25) is 0 Å². The summed E-state index contributed by atoms with van der Waals surface area (Å²) in [6.45, 7) is 1.71. The maximum Gasteiger partial charge on any atom is 0.361 e. The molecule has 0 aliphatic carbocycles. The number of hydrogen-bond acceptors (Lipinski definition) is 8. The number of furan rings is 1. The van der Waals surface area contributed by atoms with Crippen LogP contribution in [-0.4, -0.2) is 27.8 Å². The molecule has 8 nitrogen and oxygen atoms in total. The lowest BCUT2D eigenvalue weighted by Crippen LogP contribution is -2.08. The molecule has 3 rings (SSSR count). The van der Waals surface area contributed by atoms with E-state index in [1.165, 1.54) is 0 Å². The maximum atomic E-state index is 11.8. The summed E-state index contributed by atoms with van der Waals surface area (Å²) in [5, 5.41) is 23.4. The van der Waals surface area contributed by atoms with E-state index in [0.717, 1.165) is 0 Å². The van der Waals surface area contributed by atoms with Crippen molar-refractivity contribution in [2.75, 3.05) is 6.61 Å². The fourth-order valence-corrected chi connectivity index (χ4v) is 2.34. The van der Waals surface area contributed by atoms with E-state index in [4.69, 9.17) is 13.7 Å². The monoisotopic (exact) mass is 377 g/mol. The second-order valence-electron chi connectivity index (χ2n) is 4.33. The number of halogens is 1. The van der Waals surface area contributed by atoms with Crippen LogP contribution in [0.3, 0.4) is 0 Å². The van der Waals surface area contributed by atoms with Crippen molar-refractivity contribution in [3.05, 3.63) is 28.2 Å². The van der Waals surface area contributed by atoms with Gasteiger partial charge >= 0.3 is 5.97 Å². The first kappa shape index (κ1) is 15.1. The highest BCUT2D eigenvalue weighted by atomic mass is 79.9. The molecule has 3 aromatic heterocycles. The van der Waals surface area contributed by atoms with E-state index < -0.39 is 17.4 Å². The van der Waals surface area contributed by atoms with Crippen molar-refractivity contribution in [1.29, 1.82) is 5.26 Å². The number of nitrogens with zero attached hydrogens (tertiary/aromatic N) is 3. The molecule has 0 saturated heterocycles. The van der Waals surface area contributed by atoms with Gasteiger partial charge in [-0.25, -0.2) is 9.78 Å². The Labute approximate surface area is 137 Å². The van der Waals surface area contributed by atoms with Gasteiger partial charge < -0.3 is 18.8 Å². The number of carbonyl (C=O) groups is 1. The molecule has 9 heteroatoms. The van der Waals surface area contributed by atoms with E-state index in [1.807, 2.05) is 6.07 Å². The van der Waals surface area contributed by atoms with Crippen molar-refractivity contribution in [3.8, 4) is 23.3 Å². The molecule has 0 fully saturated rings. The summed E-state index contributed by atoms with van der Waals surface area (Å²) in [6.07, 6.45) is 0. The summed E-state index contributed by atoms with van der Waals surface area (Å²) in [6, 6.07) is 5.11. The number of fused-ring (bicyclic) bond motifs is 1. The van der Waals surface area contributed by atoms with Crippen molar-refractivity contribution in [3.63, 3.8) is 0 Å². The summed E-state index contributed by atoms with van der Waals surface area (Å²) in [4.78, 5) is 15.7. The largest absolute Gasteiger partial charge is 0.502 e. The van der Waals surface area contributed by atoms with Crippen LogP contribution in [0.5, 0.6) is 5.75 Å². The van der Waals surface area contributed by atoms with Gasteiger partial charge in [-0.1, -0.05) is 5.16 Å². The van der Waals surface area contributed by atoms with Crippen LogP contribution in [0.4, 0.5) is 0 Å². The second-order valence-corrected chi connectivity index (χ2v) is 5.11. The van der Waals surface area contributed by atoms with E-state index in [9.17, 15) is 15.2 Å². The van der Waals surface area contributed by atoms with Gasteiger partial charge in [0.15, 0.2) is 33.3 Å². The lowest BCUT2D eigenvalue weighted by atomic mass is 10.1. The summed E-state index contributed by atoms with van der Waals surface area (Å²) in [7, 11) is 0. The molecule has 116 valence electrons. The van der Waals surface area contributed by atoms with E-state index in [-0.39, 0.29) is 29.0 Å². The summed E-state index contributed by atoms with van der Waals surface area (Å²) >= 11 is 3.16. The molecule has 3 aromatic rings. The Bertz CT molecular complexity index is 953. The third kappa shape index (κ3) is 2.43. The fraction of sp³-hybridized carbons (Fsp3) is 0.143. The first-order valence-electron chi connectivity index (χ1n) is 6.42. The highest BCUT2D eigenvalue weighted by Gasteiger charge is 2.27. The Balaban J connectivity index is 2.28. The number of ether oxygens (including phenoxy) is 1. The highest BCUT2D eigenvalue weighted by Crippen LogP contribution is 2.37. The van der Waals surface area contributed by atoms with E-state index in [2.05, 4.69) is 26.1 Å². The molecule has 1 N–H and O–H groups in total. The van der Waals surface area contributed by atoms with E-state index in [1.54, 1.807) is 19.1 Å². The van der Waals surface area contributed by atoms with Gasteiger partial charge in [0.25, 0.3) is 0 Å². The average molecular weight is 378 g/mol. The van der Waals surface area contributed by atoms with Crippen molar-refractivity contribution < 1.29 is 23.6 Å². The SMILES string of the molecule is CCOC(=O)c1nc(C#N)c2c(-c3ccc(Br)o3)noc2c1O. The number of aromatic nitrogens is 2. The van der Waals surface area contributed by atoms with Gasteiger partial charge in [0.1, 0.15) is 6.07 Å². The highest BCUT2D eigenvalue weighted by molar-refractivity contribution is 9.10. The number of carbonyl (C=O) groups excluding carboxylic acids is 1. The molecule has 0 aromatic carbocycles. The van der Waals surface area contributed by atoms with Gasteiger partial charge in [0.05, 0.1) is 12.0 Å². The molecule has 0 bridgehead atoms. The maximum absolute atomic E-state index is 11.8. The molecule has 0 spiro atoms. The Kier molecular flexibility index (Phi) is 3.75. The van der Waals surface area contributed by atoms with Gasteiger partial charge in [-0.3, -0.25) is 0 Å². The fourth-order valence-electron chi connectivity index (χ4n) is 2.03. The van der Waals surface area contributed by atoms with Crippen molar-refractivity contribution >= 4 is 32.9 Å².